The smallest absolute Gasteiger partial charge is 0.163 e. The van der Waals surface area contributed by atoms with E-state index in [9.17, 15) is 0 Å². The van der Waals surface area contributed by atoms with Gasteiger partial charge in [-0.15, -0.1) is 11.3 Å². The molecule has 0 aliphatic carbocycles. The van der Waals surface area contributed by atoms with Crippen molar-refractivity contribution in [2.24, 2.45) is 0 Å². The van der Waals surface area contributed by atoms with E-state index in [1.54, 1.807) is 17.5 Å². The number of rotatable bonds is 3. The number of anilines is 1. The monoisotopic (exact) mass is 244 g/mol. The lowest BCUT2D eigenvalue weighted by molar-refractivity contribution is 0.861. The molecule has 86 valence electrons. The molecule has 0 bridgehead atoms. The van der Waals surface area contributed by atoms with Crippen LogP contribution in [0, 0.1) is 18.3 Å². The van der Waals surface area contributed by atoms with Crippen molar-refractivity contribution in [1.82, 2.24) is 9.97 Å². The SMILES string of the molecule is Cc1csc(C(C)Nc2cccnc2C#N)n1. The third-order valence-electron chi connectivity index (χ3n) is 2.29. The fraction of sp³-hybridized carbons (Fsp3) is 0.250. The van der Waals surface area contributed by atoms with Crippen LogP contribution in [0.4, 0.5) is 5.69 Å². The van der Waals surface area contributed by atoms with Gasteiger partial charge in [0.2, 0.25) is 0 Å². The van der Waals surface area contributed by atoms with Gasteiger partial charge in [-0.3, -0.25) is 0 Å². The Bertz CT molecular complexity index is 556. The van der Waals surface area contributed by atoms with Gasteiger partial charge in [-0.2, -0.15) is 5.26 Å². The molecule has 2 aromatic heterocycles. The maximum atomic E-state index is 8.94. The van der Waals surface area contributed by atoms with Crippen molar-refractivity contribution in [3.8, 4) is 6.07 Å². The van der Waals surface area contributed by atoms with E-state index in [1.807, 2.05) is 31.4 Å². The van der Waals surface area contributed by atoms with E-state index in [1.165, 1.54) is 0 Å². The van der Waals surface area contributed by atoms with Gasteiger partial charge in [0.15, 0.2) is 5.69 Å². The number of pyridine rings is 1. The third-order valence-corrected chi connectivity index (χ3v) is 3.44. The highest BCUT2D eigenvalue weighted by Gasteiger charge is 2.11. The average Bonchev–Trinajstić information content (AvgIpc) is 2.77. The van der Waals surface area contributed by atoms with Crippen LogP contribution in [0.25, 0.3) is 0 Å². The minimum absolute atomic E-state index is 0.0741. The quantitative estimate of drug-likeness (QED) is 0.901. The molecular weight excluding hydrogens is 232 g/mol. The van der Waals surface area contributed by atoms with Crippen molar-refractivity contribution in [1.29, 1.82) is 5.26 Å². The molecule has 0 amide bonds. The van der Waals surface area contributed by atoms with Gasteiger partial charge in [0, 0.05) is 17.3 Å². The summed E-state index contributed by atoms with van der Waals surface area (Å²) in [6.07, 6.45) is 1.61. The lowest BCUT2D eigenvalue weighted by Crippen LogP contribution is -2.08. The molecule has 4 nitrogen and oxygen atoms in total. The summed E-state index contributed by atoms with van der Waals surface area (Å²) in [5, 5.41) is 15.2. The van der Waals surface area contributed by atoms with Gasteiger partial charge in [0.25, 0.3) is 0 Å². The number of nitriles is 1. The Hall–Kier alpha value is -1.93. The molecule has 0 fully saturated rings. The molecule has 0 aliphatic rings. The van der Waals surface area contributed by atoms with Crippen LogP contribution in [-0.4, -0.2) is 9.97 Å². The zero-order valence-corrected chi connectivity index (χ0v) is 10.5. The van der Waals surface area contributed by atoms with Gasteiger partial charge in [-0.05, 0) is 26.0 Å². The number of aryl methyl sites for hydroxylation is 1. The summed E-state index contributed by atoms with van der Waals surface area (Å²) in [4.78, 5) is 8.42. The molecular formula is C12H12N4S. The van der Waals surface area contributed by atoms with Gasteiger partial charge in [0.1, 0.15) is 11.1 Å². The minimum atomic E-state index is 0.0741. The van der Waals surface area contributed by atoms with Crippen LogP contribution in [0.2, 0.25) is 0 Å². The van der Waals surface area contributed by atoms with Crippen molar-refractivity contribution >= 4 is 17.0 Å². The maximum Gasteiger partial charge on any atom is 0.163 e. The van der Waals surface area contributed by atoms with Gasteiger partial charge >= 0.3 is 0 Å². The first kappa shape index (κ1) is 11.6. The molecule has 1 unspecified atom stereocenters. The van der Waals surface area contributed by atoms with Crippen LogP contribution in [0.1, 0.15) is 29.4 Å². The fourth-order valence-corrected chi connectivity index (χ4v) is 2.28. The minimum Gasteiger partial charge on any atom is -0.374 e. The highest BCUT2D eigenvalue weighted by atomic mass is 32.1. The summed E-state index contributed by atoms with van der Waals surface area (Å²) in [7, 11) is 0. The topological polar surface area (TPSA) is 61.6 Å². The molecule has 0 aliphatic heterocycles. The number of nitrogens with zero attached hydrogens (tertiary/aromatic N) is 3. The first-order valence-electron chi connectivity index (χ1n) is 5.24. The first-order valence-corrected chi connectivity index (χ1v) is 6.12. The fourth-order valence-electron chi connectivity index (χ4n) is 1.48. The Morgan fingerprint density at radius 3 is 3.00 bits per heavy atom. The summed E-state index contributed by atoms with van der Waals surface area (Å²) >= 11 is 1.61. The molecule has 2 rings (SSSR count). The molecule has 0 spiro atoms. The molecule has 5 heteroatoms. The van der Waals surface area contributed by atoms with Crippen LogP contribution < -0.4 is 5.32 Å². The van der Waals surface area contributed by atoms with Crippen LogP contribution >= 0.6 is 11.3 Å². The van der Waals surface area contributed by atoms with Crippen molar-refractivity contribution in [2.75, 3.05) is 5.32 Å². The van der Waals surface area contributed by atoms with Gasteiger partial charge < -0.3 is 5.32 Å². The van der Waals surface area contributed by atoms with Gasteiger partial charge in [0.05, 0.1) is 11.7 Å². The molecule has 0 aromatic carbocycles. The van der Waals surface area contributed by atoms with Crippen molar-refractivity contribution < 1.29 is 0 Å². The lowest BCUT2D eigenvalue weighted by Gasteiger charge is -2.13. The summed E-state index contributed by atoms with van der Waals surface area (Å²) in [6.45, 7) is 3.99. The number of aromatic nitrogens is 2. The normalized spacial score (nSPS) is 11.8. The van der Waals surface area contributed by atoms with Gasteiger partial charge in [-0.25, -0.2) is 9.97 Å². The zero-order chi connectivity index (χ0) is 12.3. The largest absolute Gasteiger partial charge is 0.374 e. The highest BCUT2D eigenvalue weighted by Crippen LogP contribution is 2.23. The number of hydrogen-bond acceptors (Lipinski definition) is 5. The summed E-state index contributed by atoms with van der Waals surface area (Å²) in [5.74, 6) is 0. The Morgan fingerprint density at radius 2 is 2.35 bits per heavy atom. The van der Waals surface area contributed by atoms with Crippen molar-refractivity contribution in [3.63, 3.8) is 0 Å². The highest BCUT2D eigenvalue weighted by molar-refractivity contribution is 7.09. The standard InChI is InChI=1S/C12H12N4S/c1-8-7-17-12(15-8)9(2)16-10-4-3-5-14-11(10)6-13/h3-5,7,9,16H,1-2H3. The van der Waals surface area contributed by atoms with Crippen LogP contribution in [0.5, 0.6) is 0 Å². The van der Waals surface area contributed by atoms with Crippen LogP contribution in [-0.2, 0) is 0 Å². The average molecular weight is 244 g/mol. The molecule has 2 aromatic rings. The van der Waals surface area contributed by atoms with Crippen molar-refractivity contribution in [2.45, 2.75) is 19.9 Å². The predicted molar refractivity (Wildman–Crippen MR) is 67.8 cm³/mol. The summed E-state index contributed by atoms with van der Waals surface area (Å²) in [6, 6.07) is 5.80. The van der Waals surface area contributed by atoms with E-state index in [0.29, 0.717) is 5.69 Å². The molecule has 0 radical (unpaired) electrons. The number of nitrogens with one attached hydrogen (secondary N) is 1. The third kappa shape index (κ3) is 2.60. The molecule has 17 heavy (non-hydrogen) atoms. The summed E-state index contributed by atoms with van der Waals surface area (Å²) in [5.41, 5.74) is 2.17. The zero-order valence-electron chi connectivity index (χ0n) is 9.64. The molecule has 1 atom stereocenters. The number of hydrogen-bond donors (Lipinski definition) is 1. The second-order valence-electron chi connectivity index (χ2n) is 3.70. The predicted octanol–water partition coefficient (Wildman–Crippen LogP) is 2.89. The molecule has 0 saturated carbocycles. The van der Waals surface area contributed by atoms with Gasteiger partial charge in [-0.1, -0.05) is 0 Å². The van der Waals surface area contributed by atoms with Crippen LogP contribution in [0.3, 0.4) is 0 Å². The van der Waals surface area contributed by atoms with E-state index in [-0.39, 0.29) is 6.04 Å². The van der Waals surface area contributed by atoms with E-state index >= 15 is 0 Å². The van der Waals surface area contributed by atoms with E-state index in [0.717, 1.165) is 16.4 Å². The van der Waals surface area contributed by atoms with Crippen LogP contribution in [0.15, 0.2) is 23.7 Å². The Balaban J connectivity index is 2.19. The first-order chi connectivity index (χ1) is 8.20. The summed E-state index contributed by atoms with van der Waals surface area (Å²) < 4.78 is 0. The Labute approximate surface area is 104 Å². The number of thiazole rings is 1. The van der Waals surface area contributed by atoms with E-state index < -0.39 is 0 Å². The van der Waals surface area contributed by atoms with Crippen molar-refractivity contribution in [3.05, 3.63) is 40.1 Å². The Kier molecular flexibility index (Phi) is 3.35. The maximum absolute atomic E-state index is 8.94. The molecule has 0 saturated heterocycles. The second kappa shape index (κ2) is 4.93. The molecule has 1 N–H and O–H groups in total. The second-order valence-corrected chi connectivity index (χ2v) is 4.59. The van der Waals surface area contributed by atoms with E-state index in [2.05, 4.69) is 21.4 Å². The molecule has 2 heterocycles. The lowest BCUT2D eigenvalue weighted by atomic mass is 10.2. The van der Waals surface area contributed by atoms with E-state index in [4.69, 9.17) is 5.26 Å². The Morgan fingerprint density at radius 1 is 1.53 bits per heavy atom.